The van der Waals surface area contributed by atoms with E-state index in [1.165, 1.54) is 5.56 Å². The number of aliphatic hydroxyl groups excluding tert-OH is 1. The Morgan fingerprint density at radius 3 is 2.58 bits per heavy atom. The SMILES string of the molecule is CC(NCC(O)COCC1COc2ccccc2O1)c1ccccc1.[Cl-]. The number of hydrogen-bond donors (Lipinski definition) is 2. The summed E-state index contributed by atoms with van der Waals surface area (Å²) in [4.78, 5) is 0. The molecule has 0 aliphatic carbocycles. The van der Waals surface area contributed by atoms with Crippen molar-refractivity contribution in [2.75, 3.05) is 26.4 Å². The van der Waals surface area contributed by atoms with Crippen molar-refractivity contribution in [2.24, 2.45) is 0 Å². The quantitative estimate of drug-likeness (QED) is 0.652. The third-order valence-electron chi connectivity index (χ3n) is 4.14. The molecule has 3 atom stereocenters. The number of nitrogens with one attached hydrogen (secondary N) is 1. The van der Waals surface area contributed by atoms with E-state index in [0.717, 1.165) is 11.5 Å². The largest absolute Gasteiger partial charge is 1.00 e. The number of aliphatic hydroxyl groups is 1. The molecule has 0 saturated carbocycles. The zero-order valence-electron chi connectivity index (χ0n) is 14.8. The maximum atomic E-state index is 10.1. The van der Waals surface area contributed by atoms with E-state index in [9.17, 15) is 5.11 Å². The normalized spacial score (nSPS) is 17.8. The summed E-state index contributed by atoms with van der Waals surface area (Å²) in [5.74, 6) is 1.50. The van der Waals surface area contributed by atoms with Crippen molar-refractivity contribution >= 4 is 0 Å². The Kier molecular flexibility index (Phi) is 8.19. The molecule has 1 aliphatic rings. The summed E-state index contributed by atoms with van der Waals surface area (Å²) in [7, 11) is 0. The lowest BCUT2D eigenvalue weighted by molar-refractivity contribution is -0.0215. The van der Waals surface area contributed by atoms with E-state index in [1.54, 1.807) is 0 Å². The van der Waals surface area contributed by atoms with Gasteiger partial charge >= 0.3 is 0 Å². The molecule has 0 radical (unpaired) electrons. The van der Waals surface area contributed by atoms with Gasteiger partial charge in [0, 0.05) is 12.6 Å². The van der Waals surface area contributed by atoms with Crippen molar-refractivity contribution < 1.29 is 31.7 Å². The van der Waals surface area contributed by atoms with E-state index in [1.807, 2.05) is 42.5 Å². The minimum Gasteiger partial charge on any atom is -1.00 e. The Morgan fingerprint density at radius 2 is 1.81 bits per heavy atom. The van der Waals surface area contributed by atoms with Crippen molar-refractivity contribution in [2.45, 2.75) is 25.2 Å². The van der Waals surface area contributed by atoms with Crippen LogP contribution in [0.15, 0.2) is 54.6 Å². The lowest BCUT2D eigenvalue weighted by atomic mass is 10.1. The molecule has 0 bridgehead atoms. The number of halogens is 1. The van der Waals surface area contributed by atoms with Crippen molar-refractivity contribution in [3.63, 3.8) is 0 Å². The van der Waals surface area contributed by atoms with Gasteiger partial charge in [0.15, 0.2) is 17.6 Å². The zero-order valence-corrected chi connectivity index (χ0v) is 15.6. The molecule has 0 fully saturated rings. The van der Waals surface area contributed by atoms with Crippen molar-refractivity contribution in [1.82, 2.24) is 5.32 Å². The van der Waals surface area contributed by atoms with E-state index >= 15 is 0 Å². The van der Waals surface area contributed by atoms with Gasteiger partial charge < -0.3 is 37.0 Å². The number of ether oxygens (including phenoxy) is 3. The van der Waals surface area contributed by atoms with Gasteiger partial charge in [0.2, 0.25) is 0 Å². The van der Waals surface area contributed by atoms with Crippen LogP contribution in [0.4, 0.5) is 0 Å². The Bertz CT molecular complexity index is 655. The molecular formula is C20H25ClNO4-. The second kappa shape index (κ2) is 10.4. The first-order valence-corrected chi connectivity index (χ1v) is 8.65. The van der Waals surface area contributed by atoms with Gasteiger partial charge in [-0.3, -0.25) is 0 Å². The smallest absolute Gasteiger partial charge is 0.161 e. The minimum absolute atomic E-state index is 0. The minimum atomic E-state index is -0.567. The highest BCUT2D eigenvalue weighted by atomic mass is 35.5. The summed E-state index contributed by atoms with van der Waals surface area (Å²) in [5, 5.41) is 13.4. The summed E-state index contributed by atoms with van der Waals surface area (Å²) in [6.45, 7) is 3.65. The van der Waals surface area contributed by atoms with Crippen LogP contribution < -0.4 is 27.2 Å². The van der Waals surface area contributed by atoms with Gasteiger partial charge in [-0.25, -0.2) is 0 Å². The monoisotopic (exact) mass is 378 g/mol. The topological polar surface area (TPSA) is 60.0 Å². The molecule has 3 unspecified atom stereocenters. The maximum Gasteiger partial charge on any atom is 0.161 e. The molecule has 0 amide bonds. The van der Waals surface area contributed by atoms with Crippen LogP contribution in [0.2, 0.25) is 0 Å². The predicted molar refractivity (Wildman–Crippen MR) is 96.0 cm³/mol. The molecule has 1 heterocycles. The number of para-hydroxylation sites is 2. The number of hydrogen-bond acceptors (Lipinski definition) is 5. The fourth-order valence-corrected chi connectivity index (χ4v) is 2.71. The van der Waals surface area contributed by atoms with Crippen LogP contribution in [0, 0.1) is 0 Å². The zero-order chi connectivity index (χ0) is 17.5. The Balaban J connectivity index is 0.00000243. The fraction of sp³-hybridized carbons (Fsp3) is 0.400. The van der Waals surface area contributed by atoms with Crippen LogP contribution in [-0.4, -0.2) is 43.7 Å². The fourth-order valence-electron chi connectivity index (χ4n) is 2.71. The summed E-state index contributed by atoms with van der Waals surface area (Å²) < 4.78 is 17.1. The Morgan fingerprint density at radius 1 is 1.12 bits per heavy atom. The molecule has 6 heteroatoms. The molecule has 5 nitrogen and oxygen atoms in total. The average Bonchev–Trinajstić information content (AvgIpc) is 2.66. The van der Waals surface area contributed by atoms with Crippen molar-refractivity contribution in [3.05, 3.63) is 60.2 Å². The number of benzene rings is 2. The van der Waals surface area contributed by atoms with Crippen molar-refractivity contribution in [1.29, 1.82) is 0 Å². The van der Waals surface area contributed by atoms with E-state index in [2.05, 4.69) is 24.4 Å². The van der Waals surface area contributed by atoms with E-state index in [0.29, 0.717) is 19.8 Å². The summed E-state index contributed by atoms with van der Waals surface area (Å²) >= 11 is 0. The average molecular weight is 379 g/mol. The van der Waals surface area contributed by atoms with Gasteiger partial charge in [-0.2, -0.15) is 0 Å². The molecular weight excluding hydrogens is 354 g/mol. The van der Waals surface area contributed by atoms with E-state index in [-0.39, 0.29) is 31.2 Å². The molecule has 0 aromatic heterocycles. The molecule has 3 rings (SSSR count). The highest BCUT2D eigenvalue weighted by Crippen LogP contribution is 2.30. The van der Waals surface area contributed by atoms with Crippen molar-refractivity contribution in [3.8, 4) is 11.5 Å². The number of fused-ring (bicyclic) bond motifs is 1. The third-order valence-corrected chi connectivity index (χ3v) is 4.14. The summed E-state index contributed by atoms with van der Waals surface area (Å²) in [6.07, 6.45) is -0.721. The molecule has 2 N–H and O–H groups in total. The lowest BCUT2D eigenvalue weighted by Gasteiger charge is -2.26. The third kappa shape index (κ3) is 5.88. The van der Waals surface area contributed by atoms with Crippen LogP contribution in [0.1, 0.15) is 18.5 Å². The highest BCUT2D eigenvalue weighted by molar-refractivity contribution is 5.40. The molecule has 1 aliphatic heterocycles. The van der Waals surface area contributed by atoms with Crippen LogP contribution in [0.3, 0.4) is 0 Å². The molecule has 0 spiro atoms. The van der Waals surface area contributed by atoms with Crippen LogP contribution in [-0.2, 0) is 4.74 Å². The lowest BCUT2D eigenvalue weighted by Crippen LogP contribution is -3.00. The molecule has 2 aromatic carbocycles. The van der Waals surface area contributed by atoms with Gasteiger partial charge in [-0.15, -0.1) is 0 Å². The first kappa shape index (κ1) is 20.5. The Hall–Kier alpha value is -1.79. The van der Waals surface area contributed by atoms with Gasteiger partial charge in [0.05, 0.1) is 19.3 Å². The molecule has 0 saturated heterocycles. The second-order valence-corrected chi connectivity index (χ2v) is 6.23. The standard InChI is InChI=1S/C20H25NO4.ClH/c1-15(16-7-3-2-4-8-16)21-11-17(22)12-23-13-18-14-24-19-9-5-6-10-20(19)25-18;/h2-10,15,17-18,21-22H,11-14H2,1H3;1H/p-1. The summed E-state index contributed by atoms with van der Waals surface area (Å²) in [6, 6.07) is 17.9. The van der Waals surface area contributed by atoms with Gasteiger partial charge in [0.1, 0.15) is 6.61 Å². The number of rotatable bonds is 8. The van der Waals surface area contributed by atoms with Crippen LogP contribution in [0.25, 0.3) is 0 Å². The van der Waals surface area contributed by atoms with E-state index in [4.69, 9.17) is 14.2 Å². The molecule has 2 aromatic rings. The summed E-state index contributed by atoms with van der Waals surface area (Å²) in [5.41, 5.74) is 1.20. The van der Waals surface area contributed by atoms with E-state index < -0.39 is 6.10 Å². The highest BCUT2D eigenvalue weighted by Gasteiger charge is 2.21. The predicted octanol–water partition coefficient (Wildman–Crippen LogP) is -0.441. The Labute approximate surface area is 160 Å². The first-order valence-electron chi connectivity index (χ1n) is 8.65. The van der Waals surface area contributed by atoms with Gasteiger partial charge in [-0.1, -0.05) is 42.5 Å². The van der Waals surface area contributed by atoms with Gasteiger partial charge in [0.25, 0.3) is 0 Å². The van der Waals surface area contributed by atoms with Crippen LogP contribution >= 0.6 is 0 Å². The maximum absolute atomic E-state index is 10.1. The second-order valence-electron chi connectivity index (χ2n) is 6.23. The van der Waals surface area contributed by atoms with Crippen LogP contribution in [0.5, 0.6) is 11.5 Å². The molecule has 142 valence electrons. The first-order chi connectivity index (χ1) is 12.2. The molecule has 26 heavy (non-hydrogen) atoms. The van der Waals surface area contributed by atoms with Gasteiger partial charge in [-0.05, 0) is 24.6 Å².